The van der Waals surface area contributed by atoms with Crippen LogP contribution in [-0.2, 0) is 6.42 Å². The van der Waals surface area contributed by atoms with E-state index in [-0.39, 0.29) is 0 Å². The van der Waals surface area contributed by atoms with Crippen LogP contribution in [0.3, 0.4) is 0 Å². The standard InChI is InChI=1S/C19H31N/c1-4-5-16-8-10-17(11-9-16)19(20)13-18-12-14(2)6-7-15(18)3/h6-7,12,16-17,19H,4-5,8-11,13,20H2,1-3H3. The summed E-state index contributed by atoms with van der Waals surface area (Å²) in [6.07, 6.45) is 9.30. The smallest absolute Gasteiger partial charge is 0.0108 e. The predicted molar refractivity (Wildman–Crippen MR) is 88.0 cm³/mol. The maximum absolute atomic E-state index is 6.52. The van der Waals surface area contributed by atoms with Crippen molar-refractivity contribution in [3.05, 3.63) is 34.9 Å². The van der Waals surface area contributed by atoms with E-state index in [1.165, 1.54) is 55.2 Å². The molecule has 0 radical (unpaired) electrons. The topological polar surface area (TPSA) is 26.0 Å². The summed E-state index contributed by atoms with van der Waals surface area (Å²) in [7, 11) is 0. The molecule has 1 unspecified atom stereocenters. The minimum Gasteiger partial charge on any atom is -0.327 e. The number of hydrogen-bond acceptors (Lipinski definition) is 1. The Morgan fingerprint density at radius 3 is 2.50 bits per heavy atom. The number of rotatable bonds is 5. The molecule has 2 rings (SSSR count). The summed E-state index contributed by atoms with van der Waals surface area (Å²) in [6.45, 7) is 6.68. The summed E-state index contributed by atoms with van der Waals surface area (Å²) in [5.74, 6) is 1.71. The third-order valence-corrected chi connectivity index (χ3v) is 5.15. The Balaban J connectivity index is 1.89. The second-order valence-electron chi connectivity index (χ2n) is 6.87. The van der Waals surface area contributed by atoms with Gasteiger partial charge in [-0.2, -0.15) is 0 Å². The molecule has 1 saturated carbocycles. The Morgan fingerprint density at radius 2 is 1.85 bits per heavy atom. The van der Waals surface area contributed by atoms with Crippen molar-refractivity contribution in [3.8, 4) is 0 Å². The first-order valence-corrected chi connectivity index (χ1v) is 8.41. The molecule has 1 fully saturated rings. The van der Waals surface area contributed by atoms with Gasteiger partial charge >= 0.3 is 0 Å². The van der Waals surface area contributed by atoms with Crippen LogP contribution < -0.4 is 5.73 Å². The average Bonchev–Trinajstić information content (AvgIpc) is 2.44. The molecule has 1 aliphatic carbocycles. The first kappa shape index (κ1) is 15.6. The molecule has 0 heterocycles. The van der Waals surface area contributed by atoms with Gasteiger partial charge < -0.3 is 5.73 Å². The maximum Gasteiger partial charge on any atom is 0.0108 e. The van der Waals surface area contributed by atoms with Crippen molar-refractivity contribution in [3.63, 3.8) is 0 Å². The Bertz CT molecular complexity index is 416. The van der Waals surface area contributed by atoms with Crippen LogP contribution in [0.4, 0.5) is 0 Å². The summed E-state index contributed by atoms with van der Waals surface area (Å²) in [4.78, 5) is 0. The van der Waals surface area contributed by atoms with E-state index in [4.69, 9.17) is 5.73 Å². The second-order valence-corrected chi connectivity index (χ2v) is 6.87. The summed E-state index contributed by atoms with van der Waals surface area (Å²) in [5, 5.41) is 0. The highest BCUT2D eigenvalue weighted by molar-refractivity contribution is 5.31. The molecule has 2 N–H and O–H groups in total. The fraction of sp³-hybridized carbons (Fsp3) is 0.684. The lowest BCUT2D eigenvalue weighted by Gasteiger charge is -2.32. The fourth-order valence-corrected chi connectivity index (χ4v) is 3.75. The van der Waals surface area contributed by atoms with Gasteiger partial charge in [-0.3, -0.25) is 0 Å². The normalized spacial score (nSPS) is 24.6. The van der Waals surface area contributed by atoms with Gasteiger partial charge in [-0.05, 0) is 56.1 Å². The lowest BCUT2D eigenvalue weighted by Crippen LogP contribution is -2.35. The van der Waals surface area contributed by atoms with Crippen molar-refractivity contribution in [1.82, 2.24) is 0 Å². The molecule has 0 aromatic heterocycles. The van der Waals surface area contributed by atoms with Crippen molar-refractivity contribution in [2.45, 2.75) is 71.8 Å². The van der Waals surface area contributed by atoms with E-state index in [0.29, 0.717) is 6.04 Å². The van der Waals surface area contributed by atoms with E-state index in [2.05, 4.69) is 39.0 Å². The number of nitrogens with two attached hydrogens (primary N) is 1. The molecule has 1 heteroatoms. The highest BCUT2D eigenvalue weighted by Gasteiger charge is 2.25. The van der Waals surface area contributed by atoms with E-state index >= 15 is 0 Å². The van der Waals surface area contributed by atoms with E-state index in [1.807, 2.05) is 0 Å². The van der Waals surface area contributed by atoms with Crippen LogP contribution in [0.1, 0.15) is 62.1 Å². The molecule has 0 aliphatic heterocycles. The third-order valence-electron chi connectivity index (χ3n) is 5.15. The first-order valence-electron chi connectivity index (χ1n) is 8.41. The van der Waals surface area contributed by atoms with Crippen molar-refractivity contribution >= 4 is 0 Å². The molecule has 1 aliphatic rings. The predicted octanol–water partition coefficient (Wildman–Crippen LogP) is 4.78. The van der Waals surface area contributed by atoms with Gasteiger partial charge in [0, 0.05) is 6.04 Å². The van der Waals surface area contributed by atoms with Gasteiger partial charge in [0.05, 0.1) is 0 Å². The van der Waals surface area contributed by atoms with Gasteiger partial charge in [0.1, 0.15) is 0 Å². The van der Waals surface area contributed by atoms with Gasteiger partial charge in [-0.25, -0.2) is 0 Å². The highest BCUT2D eigenvalue weighted by atomic mass is 14.7. The molecule has 112 valence electrons. The summed E-state index contributed by atoms with van der Waals surface area (Å²) >= 11 is 0. The van der Waals surface area contributed by atoms with Gasteiger partial charge in [0.25, 0.3) is 0 Å². The molecule has 1 aromatic carbocycles. The Kier molecular flexibility index (Phi) is 5.65. The Labute approximate surface area is 125 Å². The van der Waals surface area contributed by atoms with Crippen molar-refractivity contribution in [2.75, 3.05) is 0 Å². The first-order chi connectivity index (χ1) is 9.60. The van der Waals surface area contributed by atoms with Gasteiger partial charge in [-0.15, -0.1) is 0 Å². The fourth-order valence-electron chi connectivity index (χ4n) is 3.75. The van der Waals surface area contributed by atoms with Crippen LogP contribution in [-0.4, -0.2) is 6.04 Å². The van der Waals surface area contributed by atoms with Gasteiger partial charge in [0.15, 0.2) is 0 Å². The zero-order chi connectivity index (χ0) is 14.5. The average molecular weight is 273 g/mol. The SMILES string of the molecule is CCCC1CCC(C(N)Cc2cc(C)ccc2C)CC1. The summed E-state index contributed by atoms with van der Waals surface area (Å²) in [6, 6.07) is 7.09. The van der Waals surface area contributed by atoms with Crippen LogP contribution in [0.2, 0.25) is 0 Å². The Morgan fingerprint density at radius 1 is 1.15 bits per heavy atom. The minimum atomic E-state index is 0.345. The number of aryl methyl sites for hydroxylation is 2. The lowest BCUT2D eigenvalue weighted by atomic mass is 9.76. The molecule has 1 nitrogen and oxygen atoms in total. The zero-order valence-electron chi connectivity index (χ0n) is 13.5. The molecule has 20 heavy (non-hydrogen) atoms. The number of benzene rings is 1. The zero-order valence-corrected chi connectivity index (χ0v) is 13.5. The molecular weight excluding hydrogens is 242 g/mol. The van der Waals surface area contributed by atoms with E-state index < -0.39 is 0 Å². The molecular formula is C19H31N. The van der Waals surface area contributed by atoms with E-state index in [0.717, 1.165) is 18.3 Å². The molecule has 1 atom stereocenters. The second kappa shape index (κ2) is 7.26. The third kappa shape index (κ3) is 4.09. The van der Waals surface area contributed by atoms with Crippen LogP contribution in [0.25, 0.3) is 0 Å². The molecule has 0 amide bonds. The maximum atomic E-state index is 6.52. The number of hydrogen-bond donors (Lipinski definition) is 1. The largest absolute Gasteiger partial charge is 0.327 e. The molecule has 1 aromatic rings. The van der Waals surface area contributed by atoms with Gasteiger partial charge in [0.2, 0.25) is 0 Å². The van der Waals surface area contributed by atoms with E-state index in [9.17, 15) is 0 Å². The Hall–Kier alpha value is -0.820. The summed E-state index contributed by atoms with van der Waals surface area (Å²) in [5.41, 5.74) is 10.7. The quantitative estimate of drug-likeness (QED) is 0.821. The monoisotopic (exact) mass is 273 g/mol. The minimum absolute atomic E-state index is 0.345. The molecule has 0 spiro atoms. The van der Waals surface area contributed by atoms with E-state index in [1.54, 1.807) is 0 Å². The van der Waals surface area contributed by atoms with Crippen LogP contribution in [0.15, 0.2) is 18.2 Å². The van der Waals surface area contributed by atoms with Crippen molar-refractivity contribution in [1.29, 1.82) is 0 Å². The molecule has 0 saturated heterocycles. The van der Waals surface area contributed by atoms with Crippen LogP contribution in [0.5, 0.6) is 0 Å². The van der Waals surface area contributed by atoms with Gasteiger partial charge in [-0.1, -0.05) is 56.4 Å². The summed E-state index contributed by atoms with van der Waals surface area (Å²) < 4.78 is 0. The molecule has 0 bridgehead atoms. The van der Waals surface area contributed by atoms with Crippen molar-refractivity contribution in [2.24, 2.45) is 17.6 Å². The lowest BCUT2D eigenvalue weighted by molar-refractivity contribution is 0.232. The van der Waals surface area contributed by atoms with Crippen molar-refractivity contribution < 1.29 is 0 Å². The highest BCUT2D eigenvalue weighted by Crippen LogP contribution is 2.33. The van der Waals surface area contributed by atoms with Crippen LogP contribution >= 0.6 is 0 Å². The van der Waals surface area contributed by atoms with Crippen LogP contribution in [0, 0.1) is 25.7 Å².